The fourth-order valence-electron chi connectivity index (χ4n) is 1.89. The molecule has 23 heavy (non-hydrogen) atoms. The Kier molecular flexibility index (Phi) is 5.99. The summed E-state index contributed by atoms with van der Waals surface area (Å²) in [7, 11) is 3.08. The van der Waals surface area contributed by atoms with Crippen molar-refractivity contribution >= 4 is 28.8 Å². The Morgan fingerprint density at radius 3 is 2.39 bits per heavy atom. The standard InChI is InChI=1S/C16H18N2O4S/c1-21-13-7-12(8-14(9-13)22-2)18-15(19)3-5-17-16(20)11-4-6-23-10-11/h4,6-10H,3,5H2,1-2H3,(H,17,20)(H,18,19). The summed E-state index contributed by atoms with van der Waals surface area (Å²) >= 11 is 1.45. The monoisotopic (exact) mass is 334 g/mol. The number of amides is 2. The maximum Gasteiger partial charge on any atom is 0.252 e. The van der Waals surface area contributed by atoms with Crippen LogP contribution >= 0.6 is 11.3 Å². The van der Waals surface area contributed by atoms with E-state index in [0.29, 0.717) is 22.7 Å². The van der Waals surface area contributed by atoms with E-state index < -0.39 is 0 Å². The van der Waals surface area contributed by atoms with E-state index in [1.165, 1.54) is 11.3 Å². The molecule has 2 rings (SSSR count). The van der Waals surface area contributed by atoms with Crippen LogP contribution in [-0.2, 0) is 4.79 Å². The largest absolute Gasteiger partial charge is 0.497 e. The lowest BCUT2D eigenvalue weighted by Gasteiger charge is -2.10. The molecule has 2 N–H and O–H groups in total. The van der Waals surface area contributed by atoms with Crippen molar-refractivity contribution in [2.75, 3.05) is 26.1 Å². The van der Waals surface area contributed by atoms with Gasteiger partial charge in [0.05, 0.1) is 14.2 Å². The van der Waals surface area contributed by atoms with Gasteiger partial charge in [-0.1, -0.05) is 0 Å². The van der Waals surface area contributed by atoms with Crippen molar-refractivity contribution in [3.63, 3.8) is 0 Å². The molecule has 1 aromatic carbocycles. The molecule has 0 spiro atoms. The van der Waals surface area contributed by atoms with Crippen LogP contribution in [-0.4, -0.2) is 32.6 Å². The minimum Gasteiger partial charge on any atom is -0.497 e. The summed E-state index contributed by atoms with van der Waals surface area (Å²) in [6.07, 6.45) is 0.176. The number of benzene rings is 1. The van der Waals surface area contributed by atoms with Gasteiger partial charge in [-0.25, -0.2) is 0 Å². The number of anilines is 1. The van der Waals surface area contributed by atoms with Gasteiger partial charge in [0, 0.05) is 47.8 Å². The normalized spacial score (nSPS) is 10.0. The van der Waals surface area contributed by atoms with Crippen LogP contribution in [0.1, 0.15) is 16.8 Å². The summed E-state index contributed by atoms with van der Waals surface area (Å²) in [5.74, 6) is 0.795. The molecule has 0 aliphatic carbocycles. The van der Waals surface area contributed by atoms with Gasteiger partial charge in [-0.05, 0) is 11.4 Å². The fourth-order valence-corrected chi connectivity index (χ4v) is 2.52. The molecule has 0 fully saturated rings. The van der Waals surface area contributed by atoms with E-state index in [-0.39, 0.29) is 24.8 Å². The highest BCUT2D eigenvalue weighted by molar-refractivity contribution is 7.08. The van der Waals surface area contributed by atoms with Crippen LogP contribution in [0.3, 0.4) is 0 Å². The maximum absolute atomic E-state index is 11.9. The zero-order valence-corrected chi connectivity index (χ0v) is 13.7. The highest BCUT2D eigenvalue weighted by atomic mass is 32.1. The van der Waals surface area contributed by atoms with E-state index in [1.54, 1.807) is 43.9 Å². The first-order valence-electron chi connectivity index (χ1n) is 6.95. The molecule has 6 nitrogen and oxygen atoms in total. The Balaban J connectivity index is 1.84. The summed E-state index contributed by atoms with van der Waals surface area (Å²) in [6.45, 7) is 0.265. The quantitative estimate of drug-likeness (QED) is 0.816. The molecular formula is C16H18N2O4S. The lowest BCUT2D eigenvalue weighted by atomic mass is 10.2. The summed E-state index contributed by atoms with van der Waals surface area (Å²) in [5, 5.41) is 9.05. The lowest BCUT2D eigenvalue weighted by molar-refractivity contribution is -0.116. The zero-order valence-electron chi connectivity index (χ0n) is 12.9. The highest BCUT2D eigenvalue weighted by Gasteiger charge is 2.08. The van der Waals surface area contributed by atoms with Gasteiger partial charge in [-0.3, -0.25) is 9.59 Å². The topological polar surface area (TPSA) is 76.7 Å². The van der Waals surface area contributed by atoms with Crippen LogP contribution in [0, 0.1) is 0 Å². The van der Waals surface area contributed by atoms with E-state index >= 15 is 0 Å². The Morgan fingerprint density at radius 2 is 1.83 bits per heavy atom. The average Bonchev–Trinajstić information content (AvgIpc) is 3.08. The number of carbonyl (C=O) groups is 2. The van der Waals surface area contributed by atoms with Crippen LogP contribution in [0.15, 0.2) is 35.0 Å². The second kappa shape index (κ2) is 8.19. The number of rotatable bonds is 7. The molecule has 7 heteroatoms. The van der Waals surface area contributed by atoms with Gasteiger partial charge in [-0.2, -0.15) is 11.3 Å². The summed E-state index contributed by atoms with van der Waals surface area (Å²) in [6, 6.07) is 6.86. The molecule has 1 aromatic heterocycles. The number of carbonyl (C=O) groups excluding carboxylic acids is 2. The van der Waals surface area contributed by atoms with E-state index in [2.05, 4.69) is 10.6 Å². The third-order valence-electron chi connectivity index (χ3n) is 3.06. The van der Waals surface area contributed by atoms with E-state index in [1.807, 2.05) is 5.38 Å². The molecule has 0 saturated carbocycles. The Morgan fingerprint density at radius 1 is 1.13 bits per heavy atom. The van der Waals surface area contributed by atoms with Gasteiger partial charge < -0.3 is 20.1 Å². The van der Waals surface area contributed by atoms with Crippen molar-refractivity contribution in [3.8, 4) is 11.5 Å². The van der Waals surface area contributed by atoms with Crippen molar-refractivity contribution < 1.29 is 19.1 Å². The number of hydrogen-bond acceptors (Lipinski definition) is 5. The first-order chi connectivity index (χ1) is 11.1. The lowest BCUT2D eigenvalue weighted by Crippen LogP contribution is -2.27. The predicted molar refractivity (Wildman–Crippen MR) is 89.4 cm³/mol. The predicted octanol–water partition coefficient (Wildman–Crippen LogP) is 2.52. The number of hydrogen-bond donors (Lipinski definition) is 2. The molecule has 0 bridgehead atoms. The maximum atomic E-state index is 11.9. The Bertz CT molecular complexity index is 648. The first kappa shape index (κ1) is 16.8. The smallest absolute Gasteiger partial charge is 0.252 e. The third kappa shape index (κ3) is 5.00. The molecule has 0 unspecified atom stereocenters. The van der Waals surface area contributed by atoms with Crippen LogP contribution in [0.5, 0.6) is 11.5 Å². The van der Waals surface area contributed by atoms with Gasteiger partial charge >= 0.3 is 0 Å². The van der Waals surface area contributed by atoms with Crippen molar-refractivity contribution in [1.29, 1.82) is 0 Å². The minimum atomic E-state index is -0.203. The summed E-state index contributed by atoms with van der Waals surface area (Å²) < 4.78 is 10.3. The van der Waals surface area contributed by atoms with Crippen molar-refractivity contribution in [2.24, 2.45) is 0 Å². The van der Waals surface area contributed by atoms with E-state index in [0.717, 1.165) is 0 Å². The SMILES string of the molecule is COc1cc(NC(=O)CCNC(=O)c2ccsc2)cc(OC)c1. The number of methoxy groups -OCH3 is 2. The number of thiophene rings is 1. The number of ether oxygens (including phenoxy) is 2. The van der Waals surface area contributed by atoms with Crippen LogP contribution in [0.25, 0.3) is 0 Å². The molecule has 0 aliphatic heterocycles. The van der Waals surface area contributed by atoms with Gasteiger partial charge in [0.2, 0.25) is 5.91 Å². The molecule has 0 saturated heterocycles. The second-order valence-corrected chi connectivity index (χ2v) is 5.45. The molecule has 0 radical (unpaired) electrons. The van der Waals surface area contributed by atoms with Crippen molar-refractivity contribution in [3.05, 3.63) is 40.6 Å². The average molecular weight is 334 g/mol. The Hall–Kier alpha value is -2.54. The molecule has 1 heterocycles. The molecule has 2 amide bonds. The van der Waals surface area contributed by atoms with E-state index in [9.17, 15) is 9.59 Å². The number of nitrogens with one attached hydrogen (secondary N) is 2. The molecule has 122 valence electrons. The molecular weight excluding hydrogens is 316 g/mol. The van der Waals surface area contributed by atoms with E-state index in [4.69, 9.17) is 9.47 Å². The van der Waals surface area contributed by atoms with Crippen LogP contribution in [0.4, 0.5) is 5.69 Å². The van der Waals surface area contributed by atoms with Gasteiger partial charge in [0.15, 0.2) is 0 Å². The third-order valence-corrected chi connectivity index (χ3v) is 3.74. The molecule has 2 aromatic rings. The summed E-state index contributed by atoms with van der Waals surface area (Å²) in [4.78, 5) is 23.7. The van der Waals surface area contributed by atoms with Gasteiger partial charge in [0.25, 0.3) is 5.91 Å². The molecule has 0 atom stereocenters. The Labute approximate surface area is 138 Å². The zero-order chi connectivity index (χ0) is 16.7. The molecule has 0 aliphatic rings. The first-order valence-corrected chi connectivity index (χ1v) is 7.90. The van der Waals surface area contributed by atoms with Gasteiger partial charge in [0.1, 0.15) is 11.5 Å². The van der Waals surface area contributed by atoms with Crippen LogP contribution in [0.2, 0.25) is 0 Å². The highest BCUT2D eigenvalue weighted by Crippen LogP contribution is 2.25. The van der Waals surface area contributed by atoms with Gasteiger partial charge in [-0.15, -0.1) is 0 Å². The fraction of sp³-hybridized carbons (Fsp3) is 0.250. The van der Waals surface area contributed by atoms with Crippen molar-refractivity contribution in [2.45, 2.75) is 6.42 Å². The second-order valence-electron chi connectivity index (χ2n) is 4.67. The van der Waals surface area contributed by atoms with Crippen LogP contribution < -0.4 is 20.1 Å². The minimum absolute atomic E-state index is 0.176. The van der Waals surface area contributed by atoms with Crippen molar-refractivity contribution in [1.82, 2.24) is 5.32 Å². The summed E-state index contributed by atoms with van der Waals surface area (Å²) in [5.41, 5.74) is 1.18.